The van der Waals surface area contributed by atoms with Gasteiger partial charge in [-0.05, 0) is 37.0 Å². The average molecular weight is 284 g/mol. The Morgan fingerprint density at radius 2 is 2.11 bits per heavy atom. The van der Waals surface area contributed by atoms with E-state index in [2.05, 4.69) is 0 Å². The Bertz CT molecular complexity index is 553. The summed E-state index contributed by atoms with van der Waals surface area (Å²) < 4.78 is 31.9. The van der Waals surface area contributed by atoms with E-state index in [9.17, 15) is 8.42 Å². The third kappa shape index (κ3) is 3.01. The number of ether oxygens (including phenoxy) is 1. The molecule has 0 aliphatic heterocycles. The summed E-state index contributed by atoms with van der Waals surface area (Å²) in [7, 11) is -2.08. The van der Waals surface area contributed by atoms with Crippen LogP contribution in [0, 0.1) is 5.92 Å². The predicted octanol–water partition coefficient (Wildman–Crippen LogP) is 1.70. The van der Waals surface area contributed by atoms with Crippen LogP contribution in [-0.2, 0) is 10.0 Å². The van der Waals surface area contributed by atoms with Gasteiger partial charge in [-0.3, -0.25) is 0 Å². The summed E-state index contributed by atoms with van der Waals surface area (Å²) in [6, 6.07) is 4.69. The maximum atomic E-state index is 12.6. The summed E-state index contributed by atoms with van der Waals surface area (Å²) >= 11 is 0. The topological polar surface area (TPSA) is 72.6 Å². The van der Waals surface area contributed by atoms with Gasteiger partial charge in [-0.25, -0.2) is 8.42 Å². The highest BCUT2D eigenvalue weighted by Crippen LogP contribution is 2.34. The second kappa shape index (κ2) is 5.38. The van der Waals surface area contributed by atoms with Gasteiger partial charge in [0.05, 0.1) is 7.11 Å². The van der Waals surface area contributed by atoms with Crippen LogP contribution in [0.2, 0.25) is 0 Å². The van der Waals surface area contributed by atoms with Crippen molar-refractivity contribution in [2.45, 2.75) is 24.7 Å². The van der Waals surface area contributed by atoms with Gasteiger partial charge in [0.25, 0.3) is 0 Å². The Morgan fingerprint density at radius 1 is 1.42 bits per heavy atom. The Hall–Kier alpha value is -1.27. The molecule has 1 fully saturated rings. The number of methoxy groups -OCH3 is 1. The van der Waals surface area contributed by atoms with E-state index in [1.807, 2.05) is 6.92 Å². The zero-order valence-electron chi connectivity index (χ0n) is 11.3. The van der Waals surface area contributed by atoms with Gasteiger partial charge in [0.15, 0.2) is 0 Å². The van der Waals surface area contributed by atoms with Crippen LogP contribution in [0.4, 0.5) is 5.69 Å². The van der Waals surface area contributed by atoms with Crippen LogP contribution in [0.3, 0.4) is 0 Å². The summed E-state index contributed by atoms with van der Waals surface area (Å²) in [4.78, 5) is 0.150. The number of anilines is 1. The highest BCUT2D eigenvalue weighted by molar-refractivity contribution is 7.89. The molecule has 6 heteroatoms. The number of hydrogen-bond acceptors (Lipinski definition) is 4. The van der Waals surface area contributed by atoms with Crippen LogP contribution in [-0.4, -0.2) is 32.9 Å². The van der Waals surface area contributed by atoms with Crippen molar-refractivity contribution >= 4 is 15.7 Å². The summed E-state index contributed by atoms with van der Waals surface area (Å²) in [5.41, 5.74) is 6.11. The molecule has 0 radical (unpaired) electrons. The fourth-order valence-corrected chi connectivity index (χ4v) is 3.74. The summed E-state index contributed by atoms with van der Waals surface area (Å²) in [5.74, 6) is 0.838. The molecular weight excluding hydrogens is 264 g/mol. The number of nitrogens with two attached hydrogens (primary N) is 1. The molecule has 0 heterocycles. The van der Waals surface area contributed by atoms with Crippen LogP contribution < -0.4 is 10.5 Å². The third-order valence-electron chi connectivity index (χ3n) is 3.32. The Morgan fingerprint density at radius 3 is 2.63 bits per heavy atom. The largest absolute Gasteiger partial charge is 0.495 e. The minimum Gasteiger partial charge on any atom is -0.495 e. The van der Waals surface area contributed by atoms with Gasteiger partial charge >= 0.3 is 0 Å². The summed E-state index contributed by atoms with van der Waals surface area (Å²) in [5, 5.41) is 0. The molecule has 1 aliphatic carbocycles. The van der Waals surface area contributed by atoms with Gasteiger partial charge in [-0.2, -0.15) is 4.31 Å². The number of rotatable bonds is 6. The smallest absolute Gasteiger partial charge is 0.246 e. The normalized spacial score (nSPS) is 15.7. The fraction of sp³-hybridized carbons (Fsp3) is 0.538. The molecule has 2 N–H and O–H groups in total. The highest BCUT2D eigenvalue weighted by Gasteiger charge is 2.32. The molecule has 5 nitrogen and oxygen atoms in total. The zero-order valence-corrected chi connectivity index (χ0v) is 12.1. The second-order valence-corrected chi connectivity index (χ2v) is 6.72. The van der Waals surface area contributed by atoms with Gasteiger partial charge in [0.2, 0.25) is 10.0 Å². The van der Waals surface area contributed by atoms with Gasteiger partial charge < -0.3 is 10.5 Å². The standard InChI is InChI=1S/C13H20N2O3S/c1-3-15(9-10-4-5-10)19(16,17)13-8-11(14)6-7-12(13)18-2/h6-8,10H,3-5,9,14H2,1-2H3. The lowest BCUT2D eigenvalue weighted by Crippen LogP contribution is -2.33. The van der Waals surface area contributed by atoms with Crippen molar-refractivity contribution in [3.05, 3.63) is 18.2 Å². The van der Waals surface area contributed by atoms with E-state index in [0.717, 1.165) is 12.8 Å². The van der Waals surface area contributed by atoms with E-state index < -0.39 is 10.0 Å². The van der Waals surface area contributed by atoms with Gasteiger partial charge in [-0.15, -0.1) is 0 Å². The summed E-state index contributed by atoms with van der Waals surface area (Å²) in [6.07, 6.45) is 2.22. The molecule has 1 aromatic carbocycles. The van der Waals surface area contributed by atoms with Crippen molar-refractivity contribution < 1.29 is 13.2 Å². The first-order chi connectivity index (χ1) is 8.98. The molecule has 0 spiro atoms. The van der Waals surface area contributed by atoms with Crippen LogP contribution >= 0.6 is 0 Å². The molecular formula is C13H20N2O3S. The van der Waals surface area contributed by atoms with E-state index in [-0.39, 0.29) is 4.90 Å². The number of benzene rings is 1. The molecule has 19 heavy (non-hydrogen) atoms. The van der Waals surface area contributed by atoms with Crippen LogP contribution in [0.1, 0.15) is 19.8 Å². The maximum absolute atomic E-state index is 12.6. The molecule has 106 valence electrons. The molecule has 0 amide bonds. The zero-order chi connectivity index (χ0) is 14.0. The molecule has 0 bridgehead atoms. The number of sulfonamides is 1. The first-order valence-electron chi connectivity index (χ1n) is 6.42. The SMILES string of the molecule is CCN(CC1CC1)S(=O)(=O)c1cc(N)ccc1OC. The minimum atomic E-state index is -3.54. The van der Waals surface area contributed by atoms with Gasteiger partial charge in [0.1, 0.15) is 10.6 Å². The number of hydrogen-bond donors (Lipinski definition) is 1. The van der Waals surface area contributed by atoms with Crippen molar-refractivity contribution in [1.82, 2.24) is 4.31 Å². The van der Waals surface area contributed by atoms with Crippen molar-refractivity contribution in [2.24, 2.45) is 5.92 Å². The number of nitrogen functional groups attached to an aromatic ring is 1. The molecule has 0 aromatic heterocycles. The first kappa shape index (κ1) is 14.1. The second-order valence-electron chi connectivity index (χ2n) is 4.81. The average Bonchev–Trinajstić information content (AvgIpc) is 3.19. The number of nitrogens with zero attached hydrogens (tertiary/aromatic N) is 1. The van der Waals surface area contributed by atoms with Crippen LogP contribution in [0.5, 0.6) is 5.75 Å². The Labute approximate surface area is 114 Å². The van der Waals surface area contributed by atoms with E-state index in [1.54, 1.807) is 12.1 Å². The predicted molar refractivity (Wildman–Crippen MR) is 74.6 cm³/mol. The molecule has 1 aliphatic rings. The third-order valence-corrected chi connectivity index (χ3v) is 5.28. The van der Waals surface area contributed by atoms with Gasteiger partial charge in [-0.1, -0.05) is 6.92 Å². The Balaban J connectivity index is 2.38. The van der Waals surface area contributed by atoms with Crippen molar-refractivity contribution in [3.8, 4) is 5.75 Å². The molecule has 1 aromatic rings. The minimum absolute atomic E-state index is 0.150. The lowest BCUT2D eigenvalue weighted by atomic mass is 10.3. The molecule has 1 saturated carbocycles. The van der Waals surface area contributed by atoms with E-state index >= 15 is 0 Å². The Kier molecular flexibility index (Phi) is 4.01. The van der Waals surface area contributed by atoms with E-state index in [4.69, 9.17) is 10.5 Å². The lowest BCUT2D eigenvalue weighted by Gasteiger charge is -2.21. The highest BCUT2D eigenvalue weighted by atomic mass is 32.2. The van der Waals surface area contributed by atoms with E-state index in [1.165, 1.54) is 17.5 Å². The van der Waals surface area contributed by atoms with Gasteiger partial charge in [0, 0.05) is 18.8 Å². The molecule has 0 atom stereocenters. The molecule has 2 rings (SSSR count). The maximum Gasteiger partial charge on any atom is 0.246 e. The van der Waals surface area contributed by atoms with E-state index in [0.29, 0.717) is 30.4 Å². The van der Waals surface area contributed by atoms with Crippen molar-refractivity contribution in [2.75, 3.05) is 25.9 Å². The van der Waals surface area contributed by atoms with Crippen LogP contribution in [0.15, 0.2) is 23.1 Å². The van der Waals surface area contributed by atoms with Crippen molar-refractivity contribution in [3.63, 3.8) is 0 Å². The monoisotopic (exact) mass is 284 g/mol. The first-order valence-corrected chi connectivity index (χ1v) is 7.86. The molecule has 0 saturated heterocycles. The summed E-state index contributed by atoms with van der Waals surface area (Å²) in [6.45, 7) is 2.88. The lowest BCUT2D eigenvalue weighted by molar-refractivity contribution is 0.388. The van der Waals surface area contributed by atoms with Crippen LogP contribution in [0.25, 0.3) is 0 Å². The van der Waals surface area contributed by atoms with Crippen molar-refractivity contribution in [1.29, 1.82) is 0 Å². The quantitative estimate of drug-likeness (QED) is 0.807. The fourth-order valence-electron chi connectivity index (χ4n) is 2.02. The molecule has 0 unspecified atom stereocenters.